The number of rotatable bonds is 12. The molecule has 178 valence electrons. The van der Waals surface area contributed by atoms with Crippen LogP contribution in [0.5, 0.6) is 0 Å². The molecule has 0 aliphatic carbocycles. The number of amides is 1. The molecule has 0 bridgehead atoms. The van der Waals surface area contributed by atoms with Gasteiger partial charge in [-0.15, -0.1) is 17.0 Å². The van der Waals surface area contributed by atoms with Crippen LogP contribution in [0.1, 0.15) is 51.9 Å². The van der Waals surface area contributed by atoms with E-state index in [1.807, 2.05) is 18.2 Å². The topological polar surface area (TPSA) is 29.1 Å². The number of nitrogens with one attached hydrogen (secondary N) is 1. The Bertz CT molecular complexity index is 863. The molecule has 33 heavy (non-hydrogen) atoms. The molecule has 3 aromatic rings. The Balaban J connectivity index is 0.00000385. The normalized spacial score (nSPS) is 12.2. The Labute approximate surface area is 210 Å². The number of unbranched alkanes of at least 4 members (excludes halogenated alkanes) is 6. The van der Waals surface area contributed by atoms with Crippen LogP contribution in [0, 0.1) is 0 Å². The summed E-state index contributed by atoms with van der Waals surface area (Å²) in [6, 6.07) is 31.7. The van der Waals surface area contributed by atoms with E-state index in [2.05, 4.69) is 85.0 Å². The van der Waals surface area contributed by atoms with Gasteiger partial charge in [-0.2, -0.15) is 0 Å². The molecule has 0 radical (unpaired) electrons. The van der Waals surface area contributed by atoms with Gasteiger partial charge in [0, 0.05) is 0 Å². The third-order valence-corrected chi connectivity index (χ3v) is 13.5. The summed E-state index contributed by atoms with van der Waals surface area (Å²) < 4.78 is 0. The number of hydrogen-bond acceptors (Lipinski definition) is 1. The van der Waals surface area contributed by atoms with Crippen LogP contribution in [0.3, 0.4) is 0 Å². The summed E-state index contributed by atoms with van der Waals surface area (Å²) in [5.41, 5.74) is 0.158. The van der Waals surface area contributed by atoms with E-state index in [1.54, 1.807) is 7.05 Å². The first-order valence-corrected chi connectivity index (χ1v) is 14.5. The van der Waals surface area contributed by atoms with E-state index < -0.39 is 6.60 Å². The maximum atomic E-state index is 14.3. The van der Waals surface area contributed by atoms with Crippen molar-refractivity contribution >= 4 is 45.1 Å². The molecular weight excluding hydrogens is 489 g/mol. The molecule has 0 spiro atoms. The molecule has 2 nitrogen and oxygen atoms in total. The van der Waals surface area contributed by atoms with E-state index in [4.69, 9.17) is 0 Å². The van der Waals surface area contributed by atoms with Gasteiger partial charge in [0.2, 0.25) is 0 Å². The fraction of sp³-hybridized carbons (Fsp3) is 0.345. The van der Waals surface area contributed by atoms with Gasteiger partial charge in [0.05, 0.1) is 0 Å². The zero-order valence-electron chi connectivity index (χ0n) is 20.1. The van der Waals surface area contributed by atoms with Crippen LogP contribution >= 0.6 is 23.6 Å². The molecule has 0 fully saturated rings. The summed E-state index contributed by atoms with van der Waals surface area (Å²) in [6.45, 7) is -1.17. The third kappa shape index (κ3) is 5.26. The monoisotopic (exact) mass is 527 g/mol. The molecule has 0 atom stereocenters. The number of carbonyl (C=O) groups excluding carboxylic acids is 1. The zero-order chi connectivity index (χ0) is 22.7. The van der Waals surface area contributed by atoms with Crippen molar-refractivity contribution in [2.75, 3.05) is 13.2 Å². The molecule has 3 aromatic carbocycles. The second-order valence-corrected chi connectivity index (χ2v) is 13.7. The first kappa shape index (κ1) is 27.3. The first-order chi connectivity index (χ1) is 15.7. The average molecular weight is 529 g/mol. The molecule has 1 N–H and O–H groups in total. The van der Waals surface area contributed by atoms with Crippen molar-refractivity contribution in [3.05, 3.63) is 91.0 Å². The number of carbonyl (C=O) groups is 1. The Morgan fingerprint density at radius 3 is 1.36 bits per heavy atom. The van der Waals surface area contributed by atoms with Gasteiger partial charge >= 0.3 is 194 Å². The minimum atomic E-state index is -3.42. The second kappa shape index (κ2) is 13.1. The Hall–Kier alpha value is -1.96. The standard InChI is InChI=1S/C29H38NOP.BrH/c1-3-4-5-6-7-8-18-25-32(29(31)30-2,26-19-12-9-13-20-26,27-21-14-10-15-22-27)28-23-16-11-17-24-28;/h9-17,19-24H,3-8,18,25H2,1-2H3,(H,30,31);1H. The number of hydrogen-bond donors (Lipinski definition) is 1. The van der Waals surface area contributed by atoms with Crippen molar-refractivity contribution in [2.24, 2.45) is 0 Å². The predicted octanol–water partition coefficient (Wildman–Crippen LogP) is 7.18. The van der Waals surface area contributed by atoms with Crippen LogP contribution in [0.25, 0.3) is 0 Å². The van der Waals surface area contributed by atoms with Gasteiger partial charge < -0.3 is 0 Å². The van der Waals surface area contributed by atoms with Crippen LogP contribution in [-0.4, -0.2) is 18.9 Å². The second-order valence-electron chi connectivity index (χ2n) is 8.71. The summed E-state index contributed by atoms with van der Waals surface area (Å²) in [5.74, 6) is 0. The van der Waals surface area contributed by atoms with Crippen LogP contribution in [0.2, 0.25) is 0 Å². The fourth-order valence-electron chi connectivity index (χ4n) is 5.19. The molecule has 0 saturated heterocycles. The number of benzene rings is 3. The van der Waals surface area contributed by atoms with Gasteiger partial charge in [0.15, 0.2) is 0 Å². The summed E-state index contributed by atoms with van der Waals surface area (Å²) in [4.78, 5) is 14.3. The summed E-state index contributed by atoms with van der Waals surface area (Å²) in [5, 5.41) is 6.59. The Morgan fingerprint density at radius 2 is 1.00 bits per heavy atom. The van der Waals surface area contributed by atoms with Gasteiger partial charge in [0.1, 0.15) is 0 Å². The van der Waals surface area contributed by atoms with Crippen LogP contribution in [0.15, 0.2) is 91.0 Å². The van der Waals surface area contributed by atoms with Crippen molar-refractivity contribution in [1.29, 1.82) is 0 Å². The van der Waals surface area contributed by atoms with Crippen molar-refractivity contribution in [3.8, 4) is 0 Å². The minimum absolute atomic E-state index is 0. The quantitative estimate of drug-likeness (QED) is 0.196. The van der Waals surface area contributed by atoms with E-state index in [-0.39, 0.29) is 22.6 Å². The molecule has 0 aliphatic heterocycles. The summed E-state index contributed by atoms with van der Waals surface area (Å²) in [7, 11) is 1.79. The SMILES string of the molecule is Br.CCCCCCCCCP(C(=O)NC)(c1ccccc1)(c1ccccc1)c1ccccc1. The Kier molecular flexibility index (Phi) is 10.8. The average Bonchev–Trinajstić information content (AvgIpc) is 2.87. The van der Waals surface area contributed by atoms with E-state index >= 15 is 0 Å². The van der Waals surface area contributed by atoms with Crippen LogP contribution < -0.4 is 21.2 Å². The van der Waals surface area contributed by atoms with Crippen LogP contribution in [-0.2, 0) is 0 Å². The fourth-order valence-corrected chi connectivity index (χ4v) is 11.6. The zero-order valence-corrected chi connectivity index (χ0v) is 22.7. The molecule has 0 aromatic heterocycles. The van der Waals surface area contributed by atoms with Gasteiger partial charge in [-0.05, 0) is 0 Å². The van der Waals surface area contributed by atoms with Gasteiger partial charge in [-0.3, -0.25) is 0 Å². The van der Waals surface area contributed by atoms with Gasteiger partial charge in [-0.25, -0.2) is 0 Å². The van der Waals surface area contributed by atoms with Gasteiger partial charge in [-0.1, -0.05) is 0 Å². The van der Waals surface area contributed by atoms with Gasteiger partial charge in [0.25, 0.3) is 0 Å². The van der Waals surface area contributed by atoms with Crippen molar-refractivity contribution in [3.63, 3.8) is 0 Å². The molecule has 0 saturated carbocycles. The van der Waals surface area contributed by atoms with E-state index in [1.165, 1.54) is 32.1 Å². The van der Waals surface area contributed by atoms with Crippen LogP contribution in [0.4, 0.5) is 4.79 Å². The predicted molar refractivity (Wildman–Crippen MR) is 153 cm³/mol. The van der Waals surface area contributed by atoms with E-state index in [0.717, 1.165) is 34.9 Å². The van der Waals surface area contributed by atoms with Crippen molar-refractivity contribution < 1.29 is 4.79 Å². The molecular formula is C29H39BrNOP. The molecule has 1 amide bonds. The number of halogens is 1. The molecule has 4 heteroatoms. The molecule has 3 rings (SSSR count). The molecule has 0 heterocycles. The third-order valence-electron chi connectivity index (χ3n) is 6.85. The Morgan fingerprint density at radius 1 is 0.636 bits per heavy atom. The maximum absolute atomic E-state index is 14.3. The van der Waals surface area contributed by atoms with Crippen molar-refractivity contribution in [2.45, 2.75) is 51.9 Å². The molecule has 0 unspecified atom stereocenters. The summed E-state index contributed by atoms with van der Waals surface area (Å²) in [6.07, 6.45) is 9.47. The molecule has 0 aliphatic rings. The first-order valence-electron chi connectivity index (χ1n) is 12.1. The van der Waals surface area contributed by atoms with Crippen molar-refractivity contribution in [1.82, 2.24) is 5.32 Å². The summed E-state index contributed by atoms with van der Waals surface area (Å²) >= 11 is 0. The van der Waals surface area contributed by atoms with E-state index in [0.29, 0.717) is 0 Å². The van der Waals surface area contributed by atoms with E-state index in [9.17, 15) is 4.79 Å².